The molecule has 2 aromatic carbocycles. The van der Waals surface area contributed by atoms with Gasteiger partial charge < -0.3 is 20.2 Å². The molecule has 1 aromatic heterocycles. The van der Waals surface area contributed by atoms with E-state index >= 15 is 0 Å². The number of benzene rings is 2. The quantitative estimate of drug-likeness (QED) is 0.393. The number of Topliss-reactive ketones (excluding diaryl/α,β-unsaturated/α-hetero) is 1. The molecule has 33 heavy (non-hydrogen) atoms. The number of aliphatic hydroxyl groups is 1. The lowest BCUT2D eigenvalue weighted by atomic mass is 9.79. The number of hydrogen-bond acceptors (Lipinski definition) is 4. The van der Waals surface area contributed by atoms with Crippen LogP contribution in [0.2, 0.25) is 0 Å². The number of rotatable bonds is 4. The maximum atomic E-state index is 14.0. The van der Waals surface area contributed by atoms with Crippen LogP contribution in [0.1, 0.15) is 27.7 Å². The van der Waals surface area contributed by atoms with Crippen LogP contribution in [0, 0.1) is 18.7 Å². The Morgan fingerprint density at radius 1 is 1.03 bits per heavy atom. The zero-order valence-electron chi connectivity index (χ0n) is 17.1. The largest absolute Gasteiger partial charge is 0.459 e. The molecule has 2 amide bonds. The first-order chi connectivity index (χ1) is 15.5. The number of amides is 2. The number of carbonyl (C=O) groups excluding carboxylic acids is 2. The van der Waals surface area contributed by atoms with Gasteiger partial charge in [-0.3, -0.25) is 4.79 Å². The second-order valence-electron chi connectivity index (χ2n) is 7.76. The normalized spacial score (nSPS) is 23.0. The summed E-state index contributed by atoms with van der Waals surface area (Å²) in [5.74, 6) is -3.75. The van der Waals surface area contributed by atoms with Gasteiger partial charge in [-0.15, -0.1) is 0 Å². The van der Waals surface area contributed by atoms with Gasteiger partial charge in [-0.1, -0.05) is 29.8 Å². The van der Waals surface area contributed by atoms with E-state index < -0.39 is 41.5 Å². The summed E-state index contributed by atoms with van der Waals surface area (Å²) < 4.78 is 60.8. The lowest BCUT2D eigenvalue weighted by molar-refractivity contribution is -0.288. The van der Waals surface area contributed by atoms with Gasteiger partial charge in [0, 0.05) is 11.1 Å². The van der Waals surface area contributed by atoms with E-state index in [0.717, 1.165) is 5.56 Å². The molecule has 1 aliphatic heterocycles. The number of halogens is 4. The molecule has 172 valence electrons. The molecule has 1 aliphatic rings. The number of urea groups is 1. The average molecular weight is 462 g/mol. The van der Waals surface area contributed by atoms with Crippen LogP contribution in [0.25, 0.3) is 11.3 Å². The highest BCUT2D eigenvalue weighted by molar-refractivity contribution is 6.00. The van der Waals surface area contributed by atoms with E-state index in [1.54, 1.807) is 19.1 Å². The van der Waals surface area contributed by atoms with E-state index in [4.69, 9.17) is 4.42 Å². The molecule has 0 spiro atoms. The van der Waals surface area contributed by atoms with E-state index in [-0.39, 0.29) is 17.1 Å². The summed E-state index contributed by atoms with van der Waals surface area (Å²) in [7, 11) is 0. The molecule has 0 radical (unpaired) electrons. The van der Waals surface area contributed by atoms with Crippen molar-refractivity contribution >= 4 is 11.8 Å². The minimum atomic E-state index is -5.37. The van der Waals surface area contributed by atoms with E-state index in [1.807, 2.05) is 0 Å². The fraction of sp³-hybridized carbons (Fsp3) is 0.217. The fourth-order valence-corrected chi connectivity index (χ4v) is 3.76. The molecule has 4 rings (SSSR count). The SMILES string of the molecule is Cc1ccc(C(=O)[C@H]2[C@H](c3ccc(-c4ccc(F)cc4)o3)NC(=O)N[C@]2(O)C(F)(F)F)cc1. The predicted octanol–water partition coefficient (Wildman–Crippen LogP) is 4.50. The Bertz CT molecular complexity index is 1190. The average Bonchev–Trinajstić information content (AvgIpc) is 3.23. The lowest BCUT2D eigenvalue weighted by Crippen LogP contribution is -2.72. The van der Waals surface area contributed by atoms with Crippen LogP contribution in [0.3, 0.4) is 0 Å². The van der Waals surface area contributed by atoms with Gasteiger partial charge in [0.15, 0.2) is 5.78 Å². The fourth-order valence-electron chi connectivity index (χ4n) is 3.76. The summed E-state index contributed by atoms with van der Waals surface area (Å²) in [4.78, 5) is 25.3. The van der Waals surface area contributed by atoms with Crippen molar-refractivity contribution in [3.8, 4) is 11.3 Å². The Hall–Kier alpha value is -3.66. The first-order valence-corrected chi connectivity index (χ1v) is 9.84. The van der Waals surface area contributed by atoms with Crippen molar-refractivity contribution in [3.05, 3.63) is 83.4 Å². The minimum absolute atomic E-state index is 0.0819. The number of carbonyl (C=O) groups is 2. The van der Waals surface area contributed by atoms with Gasteiger partial charge in [0.2, 0.25) is 5.72 Å². The molecule has 2 heterocycles. The van der Waals surface area contributed by atoms with Crippen LogP contribution >= 0.6 is 0 Å². The summed E-state index contributed by atoms with van der Waals surface area (Å²) in [6, 6.07) is 10.7. The Morgan fingerprint density at radius 2 is 1.67 bits per heavy atom. The zero-order valence-corrected chi connectivity index (χ0v) is 17.1. The number of nitrogens with one attached hydrogen (secondary N) is 2. The van der Waals surface area contributed by atoms with Crippen LogP contribution < -0.4 is 10.6 Å². The standard InChI is InChI=1S/C23H18F4N2O4/c1-12-2-4-14(5-3-12)20(30)18-19(28-21(31)29-22(18,32)23(25,26)27)17-11-10-16(33-17)13-6-8-15(24)9-7-13/h2-11,18-19,32H,1H3,(H2,28,29,31)/t18-,19+,22-/m1/s1. The molecular formula is C23H18F4N2O4. The van der Waals surface area contributed by atoms with Crippen molar-refractivity contribution in [3.63, 3.8) is 0 Å². The van der Waals surface area contributed by atoms with Gasteiger partial charge >= 0.3 is 12.2 Å². The highest BCUT2D eigenvalue weighted by Crippen LogP contribution is 2.44. The van der Waals surface area contributed by atoms with Crippen molar-refractivity contribution in [1.82, 2.24) is 10.6 Å². The van der Waals surface area contributed by atoms with Crippen molar-refractivity contribution in [1.29, 1.82) is 0 Å². The number of hydrogen-bond donors (Lipinski definition) is 3. The Morgan fingerprint density at radius 3 is 2.27 bits per heavy atom. The van der Waals surface area contributed by atoms with Crippen LogP contribution in [-0.2, 0) is 0 Å². The topological polar surface area (TPSA) is 91.6 Å². The maximum absolute atomic E-state index is 14.0. The van der Waals surface area contributed by atoms with Crippen LogP contribution in [0.15, 0.2) is 65.1 Å². The molecular weight excluding hydrogens is 444 g/mol. The molecule has 0 saturated carbocycles. The van der Waals surface area contributed by atoms with Gasteiger partial charge in [0.25, 0.3) is 0 Å². The third-order valence-electron chi connectivity index (χ3n) is 5.49. The van der Waals surface area contributed by atoms with Crippen LogP contribution in [-0.4, -0.2) is 28.8 Å². The van der Waals surface area contributed by atoms with E-state index in [1.165, 1.54) is 53.8 Å². The second-order valence-corrected chi connectivity index (χ2v) is 7.76. The molecule has 1 fully saturated rings. The number of aryl methyl sites for hydroxylation is 1. The summed E-state index contributed by atoms with van der Waals surface area (Å²) in [6.07, 6.45) is -5.37. The second kappa shape index (κ2) is 8.04. The summed E-state index contributed by atoms with van der Waals surface area (Å²) in [6.45, 7) is 1.74. The number of alkyl halides is 3. The smallest absolute Gasteiger partial charge is 0.437 e. The van der Waals surface area contributed by atoms with Gasteiger partial charge in [0.05, 0.1) is 0 Å². The van der Waals surface area contributed by atoms with E-state index in [0.29, 0.717) is 5.56 Å². The van der Waals surface area contributed by atoms with Crippen molar-refractivity contribution in [2.45, 2.75) is 24.9 Å². The zero-order chi connectivity index (χ0) is 24.0. The summed E-state index contributed by atoms with van der Waals surface area (Å²) in [5, 5.41) is 14.3. The van der Waals surface area contributed by atoms with Gasteiger partial charge in [-0.2, -0.15) is 13.2 Å². The molecule has 0 aliphatic carbocycles. The van der Waals surface area contributed by atoms with E-state index in [9.17, 15) is 32.3 Å². The predicted molar refractivity (Wildman–Crippen MR) is 109 cm³/mol. The maximum Gasteiger partial charge on any atom is 0.437 e. The van der Waals surface area contributed by atoms with Crippen molar-refractivity contribution in [2.75, 3.05) is 0 Å². The highest BCUT2D eigenvalue weighted by atomic mass is 19.4. The Kier molecular flexibility index (Phi) is 5.49. The summed E-state index contributed by atoms with van der Waals surface area (Å²) in [5.41, 5.74) is -2.73. The Labute approximate surface area is 185 Å². The third kappa shape index (κ3) is 4.09. The minimum Gasteiger partial charge on any atom is -0.459 e. The Balaban J connectivity index is 1.80. The number of furan rings is 1. The molecule has 0 unspecified atom stereocenters. The molecule has 3 atom stereocenters. The highest BCUT2D eigenvalue weighted by Gasteiger charge is 2.66. The molecule has 0 bridgehead atoms. The van der Waals surface area contributed by atoms with Crippen molar-refractivity contribution in [2.24, 2.45) is 5.92 Å². The molecule has 1 saturated heterocycles. The van der Waals surface area contributed by atoms with E-state index in [2.05, 4.69) is 5.32 Å². The third-order valence-corrected chi connectivity index (χ3v) is 5.49. The van der Waals surface area contributed by atoms with Crippen molar-refractivity contribution < 1.29 is 36.7 Å². The molecule has 10 heteroatoms. The lowest BCUT2D eigenvalue weighted by Gasteiger charge is -2.44. The summed E-state index contributed by atoms with van der Waals surface area (Å²) >= 11 is 0. The van der Waals surface area contributed by atoms with Crippen LogP contribution in [0.4, 0.5) is 22.4 Å². The molecule has 3 aromatic rings. The van der Waals surface area contributed by atoms with Gasteiger partial charge in [-0.25, -0.2) is 9.18 Å². The van der Waals surface area contributed by atoms with Crippen LogP contribution in [0.5, 0.6) is 0 Å². The first kappa shape index (κ1) is 22.5. The molecule has 6 nitrogen and oxygen atoms in total. The van der Waals surface area contributed by atoms with Gasteiger partial charge in [0.1, 0.15) is 29.3 Å². The monoisotopic (exact) mass is 462 g/mol. The number of ketones is 1. The van der Waals surface area contributed by atoms with Gasteiger partial charge in [-0.05, 0) is 43.3 Å². The first-order valence-electron chi connectivity index (χ1n) is 9.84. The molecule has 3 N–H and O–H groups in total.